The van der Waals surface area contributed by atoms with Crippen LogP contribution in [-0.2, 0) is 17.7 Å². The lowest BCUT2D eigenvalue weighted by Gasteiger charge is -2.68. The number of carbonyl (C=O) groups excluding carboxylic acids is 1. The van der Waals surface area contributed by atoms with Gasteiger partial charge in [0.25, 0.3) is 5.91 Å². The molecule has 31 heavy (non-hydrogen) atoms. The maximum Gasteiger partial charge on any atom is 0.253 e. The normalized spacial score (nSPS) is 39.8. The van der Waals surface area contributed by atoms with Crippen molar-refractivity contribution in [2.24, 2.45) is 22.7 Å². The summed E-state index contributed by atoms with van der Waals surface area (Å²) in [5.41, 5.74) is 2.42. The first kappa shape index (κ1) is 21.3. The van der Waals surface area contributed by atoms with Gasteiger partial charge in [0.15, 0.2) is 0 Å². The van der Waals surface area contributed by atoms with E-state index in [0.717, 1.165) is 36.1 Å². The zero-order valence-corrected chi connectivity index (χ0v) is 20.6. The first-order valence-corrected chi connectivity index (χ1v) is 12.2. The van der Waals surface area contributed by atoms with E-state index >= 15 is 0 Å². The second kappa shape index (κ2) is 6.71. The Balaban J connectivity index is 1.75. The van der Waals surface area contributed by atoms with E-state index in [-0.39, 0.29) is 33.3 Å². The SMILES string of the molecule is CO[C@@H]1C[C@@]23Oc4c(cc(C#N)c5c4CNC5=O)C[C@]2(C)[C@@H](C)CC[C@H]3C(C)(C)[C@H]1Br. The molecular weight excluding hydrogens is 456 g/mol. The number of nitrogens with zero attached hydrogens (tertiary/aromatic N) is 1. The van der Waals surface area contributed by atoms with E-state index in [1.807, 2.05) is 6.07 Å². The summed E-state index contributed by atoms with van der Waals surface area (Å²) in [5.74, 6) is 1.51. The maximum atomic E-state index is 12.5. The van der Waals surface area contributed by atoms with Gasteiger partial charge < -0.3 is 14.8 Å². The molecule has 4 aliphatic rings. The number of nitrogens with one attached hydrogen (secondary N) is 1. The molecule has 5 rings (SSSR count). The number of ether oxygens (including phenoxy) is 2. The molecule has 1 aromatic rings. The third kappa shape index (κ3) is 2.54. The van der Waals surface area contributed by atoms with Crippen molar-refractivity contribution in [2.45, 2.75) is 76.5 Å². The molecule has 2 fully saturated rings. The van der Waals surface area contributed by atoms with Gasteiger partial charge in [-0.3, -0.25) is 4.79 Å². The van der Waals surface area contributed by atoms with Crippen LogP contribution in [0.4, 0.5) is 0 Å². The molecule has 0 saturated heterocycles. The number of carbonyl (C=O) groups is 1. The number of halogens is 1. The molecule has 1 amide bonds. The third-order valence-corrected chi connectivity index (χ3v) is 11.1. The molecule has 2 saturated carbocycles. The van der Waals surface area contributed by atoms with Gasteiger partial charge in [0, 0.05) is 41.8 Å². The van der Waals surface area contributed by atoms with Gasteiger partial charge in [-0.2, -0.15) is 5.26 Å². The lowest BCUT2D eigenvalue weighted by Crippen LogP contribution is -2.72. The quantitative estimate of drug-likeness (QED) is 0.582. The average Bonchev–Trinajstić information content (AvgIpc) is 3.12. The molecule has 0 unspecified atom stereocenters. The molecule has 1 N–H and O–H groups in total. The minimum absolute atomic E-state index is 0.0122. The van der Waals surface area contributed by atoms with Crippen molar-refractivity contribution < 1.29 is 14.3 Å². The van der Waals surface area contributed by atoms with Crippen LogP contribution in [0, 0.1) is 34.0 Å². The molecule has 0 radical (unpaired) electrons. The summed E-state index contributed by atoms with van der Waals surface area (Å²) in [5, 5.41) is 12.6. The molecule has 0 aromatic heterocycles. The highest BCUT2D eigenvalue weighted by molar-refractivity contribution is 9.09. The molecule has 5 nitrogen and oxygen atoms in total. The average molecular weight is 487 g/mol. The topological polar surface area (TPSA) is 71.3 Å². The Kier molecular flexibility index (Phi) is 4.61. The minimum Gasteiger partial charge on any atom is -0.486 e. The Labute approximate surface area is 193 Å². The van der Waals surface area contributed by atoms with Gasteiger partial charge >= 0.3 is 0 Å². The Morgan fingerprint density at radius 3 is 2.74 bits per heavy atom. The Morgan fingerprint density at radius 2 is 2.06 bits per heavy atom. The van der Waals surface area contributed by atoms with Crippen LogP contribution in [-0.4, -0.2) is 29.5 Å². The van der Waals surface area contributed by atoms with Crippen LogP contribution in [0.2, 0.25) is 0 Å². The summed E-state index contributed by atoms with van der Waals surface area (Å²) in [6.45, 7) is 9.84. The molecule has 1 aromatic carbocycles. The predicted molar refractivity (Wildman–Crippen MR) is 121 cm³/mol. The highest BCUT2D eigenvalue weighted by atomic mass is 79.9. The molecule has 166 valence electrons. The maximum absolute atomic E-state index is 12.5. The van der Waals surface area contributed by atoms with E-state index in [9.17, 15) is 10.1 Å². The number of benzene rings is 1. The first-order chi connectivity index (χ1) is 14.6. The molecule has 1 spiro atoms. The zero-order chi connectivity index (χ0) is 22.3. The van der Waals surface area contributed by atoms with Gasteiger partial charge in [0.05, 0.1) is 23.3 Å². The van der Waals surface area contributed by atoms with Crippen LogP contribution in [0.5, 0.6) is 5.75 Å². The monoisotopic (exact) mass is 486 g/mol. The van der Waals surface area contributed by atoms with E-state index < -0.39 is 0 Å². The van der Waals surface area contributed by atoms with E-state index in [0.29, 0.717) is 29.5 Å². The summed E-state index contributed by atoms with van der Waals surface area (Å²) >= 11 is 3.98. The van der Waals surface area contributed by atoms with Crippen molar-refractivity contribution in [3.63, 3.8) is 0 Å². The van der Waals surface area contributed by atoms with Gasteiger partial charge in [-0.15, -0.1) is 0 Å². The number of nitriles is 1. The molecule has 0 bridgehead atoms. The van der Waals surface area contributed by atoms with E-state index in [1.165, 1.54) is 6.42 Å². The number of amides is 1. The Hall–Kier alpha value is -1.58. The number of fused-ring (bicyclic) bond motifs is 3. The highest BCUT2D eigenvalue weighted by Gasteiger charge is 2.69. The smallest absolute Gasteiger partial charge is 0.253 e. The van der Waals surface area contributed by atoms with Gasteiger partial charge in [0.2, 0.25) is 0 Å². The number of alkyl halides is 1. The second-order valence-corrected chi connectivity index (χ2v) is 11.9. The van der Waals surface area contributed by atoms with Crippen molar-refractivity contribution in [1.29, 1.82) is 5.26 Å². The highest BCUT2D eigenvalue weighted by Crippen LogP contribution is 2.67. The summed E-state index contributed by atoms with van der Waals surface area (Å²) in [7, 11) is 1.80. The van der Waals surface area contributed by atoms with Gasteiger partial charge in [-0.05, 0) is 42.2 Å². The number of methoxy groups -OCH3 is 1. The van der Waals surface area contributed by atoms with Gasteiger partial charge in [-0.1, -0.05) is 43.6 Å². The largest absolute Gasteiger partial charge is 0.486 e. The van der Waals surface area contributed by atoms with E-state index in [2.05, 4.69) is 55.0 Å². The van der Waals surface area contributed by atoms with E-state index in [1.54, 1.807) is 7.11 Å². The number of hydrogen-bond acceptors (Lipinski definition) is 4. The molecule has 2 aliphatic heterocycles. The summed E-state index contributed by atoms with van der Waals surface area (Å²) < 4.78 is 13.2. The van der Waals surface area contributed by atoms with E-state index in [4.69, 9.17) is 9.47 Å². The van der Waals surface area contributed by atoms with Crippen LogP contribution in [0.15, 0.2) is 6.07 Å². The molecule has 6 atom stereocenters. The summed E-state index contributed by atoms with van der Waals surface area (Å²) in [6, 6.07) is 4.16. The fourth-order valence-corrected chi connectivity index (χ4v) is 8.07. The van der Waals surface area contributed by atoms with Crippen LogP contribution in [0.25, 0.3) is 0 Å². The molecule has 2 heterocycles. The van der Waals surface area contributed by atoms with Crippen LogP contribution in [0.3, 0.4) is 0 Å². The van der Waals surface area contributed by atoms with Crippen molar-refractivity contribution in [2.75, 3.05) is 7.11 Å². The molecular formula is C25H31BrN2O3. The number of rotatable bonds is 1. The van der Waals surface area contributed by atoms with Crippen molar-refractivity contribution >= 4 is 21.8 Å². The minimum atomic E-state index is -0.375. The van der Waals surface area contributed by atoms with Crippen molar-refractivity contribution in [3.8, 4) is 11.8 Å². The number of hydrogen-bond donors (Lipinski definition) is 1. The fraction of sp³-hybridized carbons (Fsp3) is 0.680. The van der Waals surface area contributed by atoms with Crippen molar-refractivity contribution in [1.82, 2.24) is 5.32 Å². The van der Waals surface area contributed by atoms with Crippen molar-refractivity contribution in [3.05, 3.63) is 28.3 Å². The standard InChI is InChI=1S/C25H31BrN2O3/c1-13-6-7-18-23(2,3)21(26)17(30-5)10-25(18)24(13,4)9-14-8-15(11-27)19-16(20(14)31-25)12-28-22(19)29/h8,13,17-18,21H,6-7,9-10,12H2,1-5H3,(H,28,29)/t13-,17+,18-,21-,24+,25-/m0/s1. The predicted octanol–water partition coefficient (Wildman–Crippen LogP) is 4.74. The third-order valence-electron chi connectivity index (χ3n) is 9.32. The Morgan fingerprint density at radius 1 is 1.32 bits per heavy atom. The van der Waals surface area contributed by atoms with Gasteiger partial charge in [0.1, 0.15) is 11.4 Å². The molecule has 2 aliphatic carbocycles. The summed E-state index contributed by atoms with van der Waals surface area (Å²) in [6.07, 6.45) is 4.01. The van der Waals surface area contributed by atoms with Crippen LogP contribution >= 0.6 is 15.9 Å². The fourth-order valence-electron chi connectivity index (χ4n) is 7.35. The zero-order valence-electron chi connectivity index (χ0n) is 19.0. The lowest BCUT2D eigenvalue weighted by atomic mass is 9.43. The van der Waals surface area contributed by atoms with Gasteiger partial charge in [-0.25, -0.2) is 0 Å². The molecule has 6 heteroatoms. The van der Waals surface area contributed by atoms with Crippen LogP contribution < -0.4 is 10.1 Å². The first-order valence-electron chi connectivity index (χ1n) is 11.3. The second-order valence-electron chi connectivity index (χ2n) is 10.9. The summed E-state index contributed by atoms with van der Waals surface area (Å²) in [4.78, 5) is 12.8. The Bertz CT molecular complexity index is 1010. The lowest BCUT2D eigenvalue weighted by molar-refractivity contribution is -0.229. The van der Waals surface area contributed by atoms with Crippen LogP contribution in [0.1, 0.15) is 74.0 Å².